The lowest BCUT2D eigenvalue weighted by molar-refractivity contribution is -0.142. The average molecular weight is 1150 g/mol. The molecule has 436 valence electrons. The summed E-state index contributed by atoms with van der Waals surface area (Å²) in [6.07, 6.45) is 2.23. The molecule has 80 heavy (non-hydrogen) atoms. The van der Waals surface area contributed by atoms with Crippen LogP contribution in [0.2, 0.25) is 0 Å². The summed E-state index contributed by atoms with van der Waals surface area (Å²) < 4.78 is 4.62. The minimum absolute atomic E-state index is 0.00632. The highest BCUT2D eigenvalue weighted by Crippen LogP contribution is 2.48. The maximum Gasteiger partial charge on any atom is 0.246 e. The molecule has 1 aliphatic carbocycles. The molecule has 0 aromatic heterocycles. The lowest BCUT2D eigenvalue weighted by Gasteiger charge is -2.37. The Bertz CT molecular complexity index is 2560. The fourth-order valence-electron chi connectivity index (χ4n) is 10.1. The summed E-state index contributed by atoms with van der Waals surface area (Å²) >= 11 is 0. The predicted octanol–water partition coefficient (Wildman–Crippen LogP) is 1.09. The number of nitrogens with two attached hydrogens (primary N) is 4. The number of rotatable bonds is 21. The second-order valence-corrected chi connectivity index (χ2v) is 23.6. The van der Waals surface area contributed by atoms with E-state index in [1.807, 2.05) is 0 Å². The molecule has 8 amide bonds. The smallest absolute Gasteiger partial charge is 0.246 e. The summed E-state index contributed by atoms with van der Waals surface area (Å²) in [5.41, 5.74) is 23.5. The Balaban J connectivity index is 1.53. The number of hydrogen-bond donors (Lipinski definition) is 9. The third-order valence-electron chi connectivity index (χ3n) is 14.4. The number of amides is 8. The first kappa shape index (κ1) is 63.8. The van der Waals surface area contributed by atoms with Crippen molar-refractivity contribution in [2.24, 2.45) is 33.8 Å². The molecular formula is C55H77N11O12S2. The number of ether oxygens (including phenoxy) is 1. The molecule has 2 aliphatic heterocycles. The van der Waals surface area contributed by atoms with Crippen molar-refractivity contribution in [1.29, 1.82) is 0 Å². The fourth-order valence-corrected chi connectivity index (χ4v) is 13.4. The van der Waals surface area contributed by atoms with Crippen molar-refractivity contribution in [2.75, 3.05) is 26.0 Å². The molecule has 1 spiro atoms. The standard InChI is InChI=1S/C55H77N11O12S2/c1-33(67)15-21-44(68)38(13-9-25-60-54(58)59)63-52(76)43-14-10-26-66(43)53(77)42-32-79-80-55(23-7-4-8-24-55)31-48(72)61-40(28-35-16-18-37(78-2)19-17-35)50(74)64-41(27-34-11-5-3-6-12-34)51(75)62-39(20-22-46(56)70)45(69)29-36(30-47(57)71)49(73)65-42/h3,5-6,11-12,16-19,36,38-43H,4,7-10,13-15,20-32H2,1-2H3,(H2,56,70)(H2,57,71)(H,61,72)(H,62,75)(H,63,76)(H,64,74)(H,65,73)(H4,58,59,60). The van der Waals surface area contributed by atoms with Crippen LogP contribution in [0.25, 0.3) is 0 Å². The van der Waals surface area contributed by atoms with E-state index in [4.69, 9.17) is 27.7 Å². The van der Waals surface area contributed by atoms with Gasteiger partial charge in [0.25, 0.3) is 0 Å². The van der Waals surface area contributed by atoms with Crippen LogP contribution in [0.5, 0.6) is 5.75 Å². The Morgan fingerprint density at radius 2 is 1.43 bits per heavy atom. The molecule has 3 aliphatic rings. The third-order valence-corrected chi connectivity index (χ3v) is 17.7. The van der Waals surface area contributed by atoms with Gasteiger partial charge < -0.3 is 63.9 Å². The maximum atomic E-state index is 15.0. The highest BCUT2D eigenvalue weighted by molar-refractivity contribution is 8.77. The first-order valence-corrected chi connectivity index (χ1v) is 29.4. The van der Waals surface area contributed by atoms with Gasteiger partial charge in [-0.1, -0.05) is 83.3 Å². The molecule has 0 radical (unpaired) electrons. The van der Waals surface area contributed by atoms with Crippen LogP contribution in [0.3, 0.4) is 0 Å². The second-order valence-electron chi connectivity index (χ2n) is 20.7. The van der Waals surface area contributed by atoms with Crippen molar-refractivity contribution in [2.45, 2.75) is 163 Å². The third kappa shape index (κ3) is 20.6. The van der Waals surface area contributed by atoms with Gasteiger partial charge in [-0.25, -0.2) is 0 Å². The molecule has 7 atom stereocenters. The van der Waals surface area contributed by atoms with Crippen molar-refractivity contribution < 1.29 is 57.5 Å². The van der Waals surface area contributed by atoms with E-state index in [0.717, 1.165) is 19.3 Å². The number of benzene rings is 2. The quantitative estimate of drug-likeness (QED) is 0.0366. The SMILES string of the molecule is COc1ccc(CC2NC(=O)CC3(CCCCC3)SSCC(C(=O)N3CCCC3C(=O)NC(CCCN=C(N)N)C(=O)CCC(C)=O)NC(=O)C(CC(N)=O)CC(=O)C(CCC(N)=O)NC(=O)C(Cc3ccccc3)NC2=O)cc1. The van der Waals surface area contributed by atoms with Crippen molar-refractivity contribution in [1.82, 2.24) is 31.5 Å². The van der Waals surface area contributed by atoms with Crippen molar-refractivity contribution in [3.8, 4) is 5.75 Å². The van der Waals surface area contributed by atoms with Crippen LogP contribution in [-0.2, 0) is 65.6 Å². The van der Waals surface area contributed by atoms with E-state index in [9.17, 15) is 52.7 Å². The number of carbonyl (C=O) groups excluding carboxylic acids is 11. The number of carbonyl (C=O) groups is 11. The number of ketones is 3. The molecule has 2 aromatic carbocycles. The first-order valence-electron chi connectivity index (χ1n) is 27.1. The van der Waals surface area contributed by atoms with E-state index in [1.54, 1.807) is 54.6 Å². The lowest BCUT2D eigenvalue weighted by Crippen LogP contribution is -2.57. The normalized spacial score (nSPS) is 22.8. The number of methoxy groups -OCH3 is 1. The Labute approximate surface area is 473 Å². The fraction of sp³-hybridized carbons (Fsp3) is 0.564. The topological polar surface area (TPSA) is 377 Å². The minimum atomic E-state index is -1.50. The number of guanidine groups is 1. The number of hydrogen-bond acceptors (Lipinski definition) is 15. The molecular weight excluding hydrogens is 1070 g/mol. The van der Waals surface area contributed by atoms with E-state index in [0.29, 0.717) is 42.6 Å². The van der Waals surface area contributed by atoms with Gasteiger partial charge in [0.05, 0.1) is 25.1 Å². The Morgan fingerprint density at radius 1 is 0.775 bits per heavy atom. The highest BCUT2D eigenvalue weighted by Gasteiger charge is 2.42. The van der Waals surface area contributed by atoms with Crippen LogP contribution in [0, 0.1) is 5.92 Å². The van der Waals surface area contributed by atoms with Gasteiger partial charge in [-0.05, 0) is 75.1 Å². The Hall–Kier alpha value is -7.02. The number of nitrogens with one attached hydrogen (secondary N) is 5. The molecule has 25 heteroatoms. The van der Waals surface area contributed by atoms with Gasteiger partial charge in [0.1, 0.15) is 35.7 Å². The number of Topliss-reactive ketones (excluding diaryl/α,β-unsaturated/α-hetero) is 3. The molecule has 23 nitrogen and oxygen atoms in total. The second kappa shape index (κ2) is 31.7. The summed E-state index contributed by atoms with van der Waals surface area (Å²) in [4.78, 5) is 157. The van der Waals surface area contributed by atoms with E-state index in [1.165, 1.54) is 40.5 Å². The lowest BCUT2D eigenvalue weighted by atomic mass is 9.85. The molecule has 2 aromatic rings. The molecule has 0 bridgehead atoms. The summed E-state index contributed by atoms with van der Waals surface area (Å²) in [6, 6.07) is 8.08. The zero-order chi connectivity index (χ0) is 58.4. The zero-order valence-corrected chi connectivity index (χ0v) is 47.1. The number of likely N-dealkylation sites (tertiary alicyclic amines) is 1. The van der Waals surface area contributed by atoms with Gasteiger partial charge in [-0.15, -0.1) is 0 Å². The molecule has 5 rings (SSSR count). The monoisotopic (exact) mass is 1150 g/mol. The predicted molar refractivity (Wildman–Crippen MR) is 302 cm³/mol. The van der Waals surface area contributed by atoms with Gasteiger partial charge >= 0.3 is 0 Å². The number of nitrogens with zero attached hydrogens (tertiary/aromatic N) is 2. The zero-order valence-electron chi connectivity index (χ0n) is 45.5. The van der Waals surface area contributed by atoms with Crippen LogP contribution >= 0.6 is 21.6 Å². The van der Waals surface area contributed by atoms with Crippen molar-refractivity contribution in [3.63, 3.8) is 0 Å². The van der Waals surface area contributed by atoms with Crippen LogP contribution in [0.15, 0.2) is 59.6 Å². The largest absolute Gasteiger partial charge is 0.497 e. The number of primary amides is 2. The van der Waals surface area contributed by atoms with E-state index in [-0.39, 0.29) is 82.0 Å². The van der Waals surface area contributed by atoms with Gasteiger partial charge in [0.15, 0.2) is 17.5 Å². The highest BCUT2D eigenvalue weighted by atomic mass is 33.1. The molecule has 3 fully saturated rings. The van der Waals surface area contributed by atoms with Gasteiger partial charge in [-0.3, -0.25) is 52.9 Å². The summed E-state index contributed by atoms with van der Waals surface area (Å²) in [6.45, 7) is 1.59. The molecule has 7 unspecified atom stereocenters. The van der Waals surface area contributed by atoms with Crippen molar-refractivity contribution in [3.05, 3.63) is 65.7 Å². The van der Waals surface area contributed by atoms with Crippen LogP contribution in [0.1, 0.15) is 121 Å². The molecule has 13 N–H and O–H groups in total. The maximum absolute atomic E-state index is 15.0. The van der Waals surface area contributed by atoms with Crippen molar-refractivity contribution >= 4 is 92.2 Å². The minimum Gasteiger partial charge on any atom is -0.497 e. The number of aliphatic imine (C=N–C) groups is 1. The summed E-state index contributed by atoms with van der Waals surface area (Å²) in [5, 5.41) is 14.0. The Morgan fingerprint density at radius 3 is 2.05 bits per heavy atom. The Kier molecular flexibility index (Phi) is 25.3. The van der Waals surface area contributed by atoms with Gasteiger partial charge in [0.2, 0.25) is 47.3 Å². The van der Waals surface area contributed by atoms with Crippen LogP contribution in [0.4, 0.5) is 0 Å². The van der Waals surface area contributed by atoms with E-state index < -0.39 is 125 Å². The van der Waals surface area contributed by atoms with Crippen LogP contribution in [-0.4, -0.2) is 142 Å². The summed E-state index contributed by atoms with van der Waals surface area (Å²) in [5.74, 6) is -8.64. The summed E-state index contributed by atoms with van der Waals surface area (Å²) in [7, 11) is 4.10. The van der Waals surface area contributed by atoms with E-state index in [2.05, 4.69) is 31.6 Å². The van der Waals surface area contributed by atoms with E-state index >= 15 is 0 Å². The average Bonchev–Trinajstić information content (AvgIpc) is 3.95. The molecule has 2 saturated heterocycles. The molecule has 2 heterocycles. The first-order chi connectivity index (χ1) is 38.1. The molecule has 1 saturated carbocycles. The van der Waals surface area contributed by atoms with Gasteiger partial charge in [0, 0.05) is 75.0 Å². The van der Waals surface area contributed by atoms with Crippen LogP contribution < -0.4 is 54.3 Å². The van der Waals surface area contributed by atoms with Gasteiger partial charge in [-0.2, -0.15) is 0 Å².